The second-order valence-electron chi connectivity index (χ2n) is 26.9. The summed E-state index contributed by atoms with van der Waals surface area (Å²) in [5, 5.41) is 61.2. The van der Waals surface area contributed by atoms with E-state index in [2.05, 4.69) is 63.2 Å². The number of likely N-dealkylation sites (N-methyl/N-ethyl adjacent to an activating group) is 2. The van der Waals surface area contributed by atoms with Crippen LogP contribution in [0.1, 0.15) is 113 Å². The van der Waals surface area contributed by atoms with Crippen molar-refractivity contribution in [3.05, 3.63) is 155 Å². The lowest BCUT2D eigenvalue weighted by Gasteiger charge is -2.31. The van der Waals surface area contributed by atoms with E-state index in [0.717, 1.165) is 11.1 Å². The quantitative estimate of drug-likeness (QED) is 0.0588. The fourth-order valence-electron chi connectivity index (χ4n) is 12.5. The second kappa shape index (κ2) is 35.1. The number of carbonyl (C=O) groups excluding carboxylic acids is 8. The molecule has 6 aromatic rings. The molecule has 12 rings (SSSR count). The van der Waals surface area contributed by atoms with Crippen molar-refractivity contribution in [1.29, 1.82) is 0 Å². The minimum atomic E-state index is -1.48. The number of carboxylic acids is 2. The van der Waals surface area contributed by atoms with Crippen LogP contribution in [0.15, 0.2) is 122 Å². The SMILES string of the molecule is CN[C@@H](C)C(=O)N[C@H](C(=O)N1C[C@@H]2C[C@H]1C(=O)N[C@@H](CCc1ccccc1)C(=O)N[C@H](C(=O)O)Cc1ccc(cc1)OCc1cn(nn1)[C@H]1C[C@@H](C(=O)N[C@@H](CCc3ccccc3)C(=O)N[C@H](C(=O)O)Cc3ccc(cc3)OCc3cn2nn3)N(C(=O)[C@@H](NC(=O)[C@H](C)NC)C(C)C)C1)C(C)C. The molecule has 8 amide bonds. The van der Waals surface area contributed by atoms with E-state index < -0.39 is 144 Å². The molecule has 6 aliphatic rings. The van der Waals surface area contributed by atoms with Gasteiger partial charge in [0.05, 0.1) is 36.6 Å². The molecule has 0 spiro atoms. The van der Waals surface area contributed by atoms with Gasteiger partial charge in [0.1, 0.15) is 84.4 Å². The zero-order chi connectivity index (χ0) is 73.3. The van der Waals surface area contributed by atoms with E-state index in [1.54, 1.807) is 117 Å². The highest BCUT2D eigenvalue weighted by Gasteiger charge is 2.47. The predicted octanol–water partition coefficient (Wildman–Crippen LogP) is 1.98. The molecule has 0 radical (unpaired) electrons. The van der Waals surface area contributed by atoms with E-state index in [1.165, 1.54) is 19.2 Å². The van der Waals surface area contributed by atoms with Gasteiger partial charge in [-0.15, -0.1) is 10.2 Å². The lowest BCUT2D eigenvalue weighted by Crippen LogP contribution is -2.59. The van der Waals surface area contributed by atoms with Gasteiger partial charge in [0.2, 0.25) is 47.3 Å². The highest BCUT2D eigenvalue weighted by atomic mass is 16.5. The molecule has 12 bridgehead atoms. The molecule has 544 valence electrons. The Morgan fingerprint density at radius 1 is 0.510 bits per heavy atom. The van der Waals surface area contributed by atoms with Crippen molar-refractivity contribution < 1.29 is 67.6 Å². The van der Waals surface area contributed by atoms with Crippen LogP contribution < -0.4 is 52.0 Å². The molecular formula is C72H92N16O14. The zero-order valence-corrected chi connectivity index (χ0v) is 58.5. The fourth-order valence-corrected chi connectivity index (χ4v) is 12.5. The average Bonchev–Trinajstić information content (AvgIpc) is 1.64. The first-order valence-electron chi connectivity index (χ1n) is 34.4. The number of nitrogens with zero attached hydrogens (tertiary/aromatic N) is 8. The second-order valence-corrected chi connectivity index (χ2v) is 26.9. The summed E-state index contributed by atoms with van der Waals surface area (Å²) < 4.78 is 15.3. The number of nitrogens with one attached hydrogen (secondary N) is 8. The number of carbonyl (C=O) groups is 10. The number of rotatable bonds is 18. The van der Waals surface area contributed by atoms with Gasteiger partial charge in [-0.25, -0.2) is 19.0 Å². The largest absolute Gasteiger partial charge is 0.487 e. The number of aromatic nitrogens is 6. The lowest BCUT2D eigenvalue weighted by molar-refractivity contribution is -0.144. The van der Waals surface area contributed by atoms with Crippen LogP contribution in [0, 0.1) is 11.8 Å². The lowest BCUT2D eigenvalue weighted by atomic mass is 10.0. The number of likely N-dealkylation sites (tertiary alicyclic amines) is 2. The molecule has 30 heteroatoms. The Balaban J connectivity index is 1.03. The molecule has 0 aliphatic carbocycles. The molecule has 0 saturated carbocycles. The van der Waals surface area contributed by atoms with Crippen molar-refractivity contribution in [2.75, 3.05) is 27.2 Å². The summed E-state index contributed by atoms with van der Waals surface area (Å²) in [4.78, 5) is 144. The van der Waals surface area contributed by atoms with Crippen LogP contribution in [0.4, 0.5) is 0 Å². The summed E-state index contributed by atoms with van der Waals surface area (Å²) in [5.74, 6) is -7.86. The zero-order valence-electron chi connectivity index (χ0n) is 58.5. The minimum Gasteiger partial charge on any atom is -0.487 e. The Bertz CT molecular complexity index is 3640. The molecular weight excluding hydrogens is 1310 g/mol. The van der Waals surface area contributed by atoms with Gasteiger partial charge in [0.15, 0.2) is 0 Å². The first-order valence-corrected chi connectivity index (χ1v) is 34.4. The van der Waals surface area contributed by atoms with Crippen LogP contribution in [-0.2, 0) is 86.8 Å². The number of aryl methyl sites for hydroxylation is 2. The number of aliphatic carboxylic acids is 2. The van der Waals surface area contributed by atoms with Crippen molar-refractivity contribution in [3.8, 4) is 11.5 Å². The molecule has 2 aromatic heterocycles. The molecule has 4 aromatic carbocycles. The maximum absolute atomic E-state index is 15.0. The molecule has 2 saturated heterocycles. The summed E-state index contributed by atoms with van der Waals surface area (Å²) in [6.07, 6.45) is 3.48. The Kier molecular flexibility index (Phi) is 26.0. The summed E-state index contributed by atoms with van der Waals surface area (Å²) in [6, 6.07) is 18.6. The van der Waals surface area contributed by atoms with E-state index in [1.807, 2.05) is 60.7 Å². The number of amides is 8. The van der Waals surface area contributed by atoms with Gasteiger partial charge in [-0.3, -0.25) is 38.4 Å². The number of hydrogen-bond donors (Lipinski definition) is 10. The number of benzene rings is 4. The third-order valence-electron chi connectivity index (χ3n) is 18.8. The van der Waals surface area contributed by atoms with Crippen LogP contribution in [0.2, 0.25) is 0 Å². The number of carboxylic acid groups (broad SMARTS) is 2. The smallest absolute Gasteiger partial charge is 0.326 e. The third-order valence-corrected chi connectivity index (χ3v) is 18.8. The van der Waals surface area contributed by atoms with Crippen LogP contribution in [0.3, 0.4) is 0 Å². The predicted molar refractivity (Wildman–Crippen MR) is 370 cm³/mol. The minimum absolute atomic E-state index is 0.0131. The van der Waals surface area contributed by atoms with Crippen LogP contribution in [-0.4, -0.2) is 197 Å². The molecule has 8 heterocycles. The highest BCUT2D eigenvalue weighted by molar-refractivity contribution is 5.97. The molecule has 30 nitrogen and oxygen atoms in total. The van der Waals surface area contributed by atoms with E-state index >= 15 is 0 Å². The molecule has 12 atom stereocenters. The summed E-state index contributed by atoms with van der Waals surface area (Å²) in [6.45, 7) is 9.98. The standard InChI is InChI=1S/C72H92N16O14/c1-41(2)61(79-63(89)43(5)73-7)69(95)85-37-51-33-59(85)67(93)75-55(29-23-45-15-11-9-12-16-45)65(91)77-57(71(97)98)31-47-21-27-54(28-22-47)102-40-50-36-88(84-82-50)52-34-60(86(38-52)70(96)62(42(3)4)80-64(90)44(6)74-8)68(94)76-56(30-24-46-17-13-10-14-18-46)66(92)78-58(72(99)100)32-48-19-25-53(26-20-48)101-39-49-35-87(51)83-81-49/h9-22,25-28,35-36,41-44,51-52,55-62,73-74H,23-24,29-34,37-40H2,1-8H3,(H,75,93)(H,76,94)(H,77,91)(H,78,92)(H,79,89)(H,80,90)(H,97,98)(H,99,100)/t43-,44-,51-,52-,55-,56-,57-,58-,59-,60-,61-,62-/m0/s1. The van der Waals surface area contributed by atoms with Crippen LogP contribution in [0.5, 0.6) is 11.5 Å². The Morgan fingerprint density at radius 3 is 1.21 bits per heavy atom. The van der Waals surface area contributed by atoms with Crippen LogP contribution >= 0.6 is 0 Å². The number of ether oxygens (including phenoxy) is 2. The van der Waals surface area contributed by atoms with E-state index in [9.17, 15) is 58.2 Å². The first-order chi connectivity index (χ1) is 48.9. The monoisotopic (exact) mass is 1400 g/mol. The van der Waals surface area contributed by atoms with Gasteiger partial charge in [-0.2, -0.15) is 0 Å². The topological polar surface area (TPSA) is 394 Å². The van der Waals surface area contributed by atoms with Crippen LogP contribution in [0.25, 0.3) is 0 Å². The van der Waals surface area contributed by atoms with Gasteiger partial charge in [-0.05, 0) is 112 Å². The van der Waals surface area contributed by atoms with Gasteiger partial charge < -0.3 is 72.0 Å². The Hall–Kier alpha value is -10.6. The summed E-state index contributed by atoms with van der Waals surface area (Å²) >= 11 is 0. The van der Waals surface area contributed by atoms with Gasteiger partial charge in [-0.1, -0.05) is 123 Å². The van der Waals surface area contributed by atoms with Crippen molar-refractivity contribution in [2.45, 2.75) is 179 Å². The molecule has 6 aliphatic heterocycles. The van der Waals surface area contributed by atoms with Crippen molar-refractivity contribution in [2.24, 2.45) is 11.8 Å². The van der Waals surface area contributed by atoms with Crippen molar-refractivity contribution in [3.63, 3.8) is 0 Å². The van der Waals surface area contributed by atoms with E-state index in [4.69, 9.17) is 9.47 Å². The maximum Gasteiger partial charge on any atom is 0.326 e. The highest BCUT2D eigenvalue weighted by Crippen LogP contribution is 2.32. The normalized spacial score (nSPS) is 22.1. The molecule has 102 heavy (non-hydrogen) atoms. The average molecular weight is 1410 g/mol. The third kappa shape index (κ3) is 19.9. The summed E-state index contributed by atoms with van der Waals surface area (Å²) in [7, 11) is 3.22. The fraction of sp³-hybridized carbons (Fsp3) is 0.472. The maximum atomic E-state index is 15.0. The van der Waals surface area contributed by atoms with E-state index in [0.29, 0.717) is 46.9 Å². The van der Waals surface area contributed by atoms with E-state index in [-0.39, 0.29) is 64.8 Å². The Labute approximate surface area is 591 Å². The molecule has 0 unspecified atom stereocenters. The molecule has 10 N–H and O–H groups in total. The Morgan fingerprint density at radius 2 is 0.873 bits per heavy atom. The van der Waals surface area contributed by atoms with Crippen molar-refractivity contribution >= 4 is 59.2 Å². The molecule has 2 fully saturated rings. The van der Waals surface area contributed by atoms with Gasteiger partial charge >= 0.3 is 11.9 Å². The van der Waals surface area contributed by atoms with Gasteiger partial charge in [0, 0.05) is 38.8 Å². The number of hydrogen-bond acceptors (Lipinski definition) is 18. The summed E-state index contributed by atoms with van der Waals surface area (Å²) in [5.41, 5.74) is 3.40. The van der Waals surface area contributed by atoms with Crippen molar-refractivity contribution in [1.82, 2.24) is 82.3 Å². The van der Waals surface area contributed by atoms with Gasteiger partial charge in [0.25, 0.3) is 0 Å². The first kappa shape index (κ1) is 75.6.